The third kappa shape index (κ3) is 6.18. The van der Waals surface area contributed by atoms with Crippen LogP contribution in [0.2, 0.25) is 0 Å². The Morgan fingerprint density at radius 2 is 1.82 bits per heavy atom. The monoisotopic (exact) mass is 304 g/mol. The largest absolute Gasteiger partial charge is 0.373 e. The van der Waals surface area contributed by atoms with Crippen LogP contribution < -0.4 is 0 Å². The molecule has 1 aromatic carbocycles. The number of hydrogen-bond acceptors (Lipinski definition) is 3. The van der Waals surface area contributed by atoms with E-state index < -0.39 is 5.79 Å². The van der Waals surface area contributed by atoms with Gasteiger partial charge < -0.3 is 14.9 Å². The maximum absolute atomic E-state index is 13.4. The van der Waals surface area contributed by atoms with Gasteiger partial charge in [0.1, 0.15) is 5.82 Å². The molecular weight excluding hydrogens is 283 g/mol. The Morgan fingerprint density at radius 1 is 1.18 bits per heavy atom. The maximum Gasteiger partial charge on any atom is 0.186 e. The molecular formula is C18H21FO3. The van der Waals surface area contributed by atoms with E-state index in [9.17, 15) is 14.6 Å². The Labute approximate surface area is 130 Å². The van der Waals surface area contributed by atoms with Gasteiger partial charge in [0.05, 0.1) is 13.2 Å². The minimum atomic E-state index is -1.80. The van der Waals surface area contributed by atoms with Gasteiger partial charge in [0.15, 0.2) is 5.79 Å². The zero-order valence-corrected chi connectivity index (χ0v) is 12.4. The van der Waals surface area contributed by atoms with Crippen LogP contribution in [-0.2, 0) is 4.74 Å². The minimum Gasteiger partial charge on any atom is -0.373 e. The zero-order chi connectivity index (χ0) is 16.4. The summed E-state index contributed by atoms with van der Waals surface area (Å²) in [6.45, 7) is 8.18. The second kappa shape index (κ2) is 9.10. The van der Waals surface area contributed by atoms with E-state index in [4.69, 9.17) is 4.74 Å². The normalized spacial score (nSPS) is 15.3. The Morgan fingerprint density at radius 3 is 2.32 bits per heavy atom. The summed E-state index contributed by atoms with van der Waals surface area (Å²) in [4.78, 5) is 0. The lowest BCUT2D eigenvalue weighted by molar-refractivity contribution is -0.114. The van der Waals surface area contributed by atoms with Gasteiger partial charge in [0.25, 0.3) is 0 Å². The molecule has 2 rings (SSSR count). The molecule has 0 atom stereocenters. The van der Waals surface area contributed by atoms with Crippen LogP contribution in [0.5, 0.6) is 0 Å². The molecule has 22 heavy (non-hydrogen) atoms. The molecule has 0 saturated heterocycles. The topological polar surface area (TPSA) is 49.7 Å². The van der Waals surface area contributed by atoms with Gasteiger partial charge in [0.2, 0.25) is 0 Å². The highest BCUT2D eigenvalue weighted by Gasteiger charge is 2.21. The molecule has 4 heteroatoms. The molecule has 0 heterocycles. The van der Waals surface area contributed by atoms with Crippen LogP contribution in [0.4, 0.5) is 4.39 Å². The molecule has 1 aliphatic rings. The lowest BCUT2D eigenvalue weighted by Crippen LogP contribution is -2.25. The summed E-state index contributed by atoms with van der Waals surface area (Å²) in [7, 11) is 0. The van der Waals surface area contributed by atoms with E-state index in [1.807, 2.05) is 0 Å². The van der Waals surface area contributed by atoms with Crippen molar-refractivity contribution in [3.8, 4) is 0 Å². The first kappa shape index (κ1) is 18.0. The number of rotatable bonds is 5. The van der Waals surface area contributed by atoms with Crippen LogP contribution in [0.15, 0.2) is 67.8 Å². The first-order chi connectivity index (χ1) is 10.5. The fourth-order valence-electron chi connectivity index (χ4n) is 1.75. The van der Waals surface area contributed by atoms with Crippen LogP contribution in [0.25, 0.3) is 5.57 Å². The predicted molar refractivity (Wildman–Crippen MR) is 86.5 cm³/mol. The van der Waals surface area contributed by atoms with E-state index >= 15 is 0 Å². The van der Waals surface area contributed by atoms with Crippen molar-refractivity contribution in [1.82, 2.24) is 0 Å². The fraction of sp³-hybridized carbons (Fsp3) is 0.222. The number of hydrogen-bond donors (Lipinski definition) is 2. The summed E-state index contributed by atoms with van der Waals surface area (Å²) in [5, 5.41) is 18.5. The molecule has 0 radical (unpaired) electrons. The summed E-state index contributed by atoms with van der Waals surface area (Å²) in [5.74, 6) is -2.11. The quantitative estimate of drug-likeness (QED) is 0.499. The second-order valence-corrected chi connectivity index (χ2v) is 4.67. The Kier molecular flexibility index (Phi) is 7.46. The second-order valence-electron chi connectivity index (χ2n) is 4.67. The minimum absolute atomic E-state index is 0.0766. The van der Waals surface area contributed by atoms with E-state index in [0.29, 0.717) is 24.4 Å². The van der Waals surface area contributed by atoms with Gasteiger partial charge >= 0.3 is 0 Å². The smallest absolute Gasteiger partial charge is 0.186 e. The Hall–Kier alpha value is -2.01. The van der Waals surface area contributed by atoms with Crippen molar-refractivity contribution in [2.45, 2.75) is 12.2 Å². The molecule has 0 unspecified atom stereocenters. The third-order valence-electron chi connectivity index (χ3n) is 2.81. The third-order valence-corrected chi connectivity index (χ3v) is 2.81. The van der Waals surface area contributed by atoms with E-state index in [1.165, 1.54) is 18.2 Å². The van der Waals surface area contributed by atoms with Gasteiger partial charge in [-0.15, -0.1) is 13.2 Å². The number of benzene rings is 1. The van der Waals surface area contributed by atoms with E-state index in [0.717, 1.165) is 0 Å². The zero-order valence-electron chi connectivity index (χ0n) is 12.4. The van der Waals surface area contributed by atoms with Gasteiger partial charge in [-0.1, -0.05) is 42.5 Å². The van der Waals surface area contributed by atoms with Gasteiger partial charge in [-0.3, -0.25) is 0 Å². The van der Waals surface area contributed by atoms with Crippen molar-refractivity contribution < 1.29 is 19.3 Å². The fourth-order valence-corrected chi connectivity index (χ4v) is 1.75. The van der Waals surface area contributed by atoms with Crippen molar-refractivity contribution in [2.24, 2.45) is 0 Å². The molecule has 3 nitrogen and oxygen atoms in total. The molecule has 0 spiro atoms. The summed E-state index contributed by atoms with van der Waals surface area (Å²) >= 11 is 0. The van der Waals surface area contributed by atoms with Crippen LogP contribution in [0.3, 0.4) is 0 Å². The van der Waals surface area contributed by atoms with Crippen molar-refractivity contribution >= 4 is 5.57 Å². The molecule has 2 N–H and O–H groups in total. The summed E-state index contributed by atoms with van der Waals surface area (Å²) in [6, 6.07) is 6.40. The number of halogens is 1. The average molecular weight is 304 g/mol. The highest BCUT2D eigenvalue weighted by atomic mass is 19.1. The molecule has 0 fully saturated rings. The summed E-state index contributed by atoms with van der Waals surface area (Å²) in [6.07, 6.45) is 7.88. The van der Waals surface area contributed by atoms with Crippen molar-refractivity contribution in [1.29, 1.82) is 0 Å². The summed E-state index contributed by atoms with van der Waals surface area (Å²) in [5.41, 5.74) is 1.15. The van der Waals surface area contributed by atoms with E-state index in [2.05, 4.69) is 13.2 Å². The molecule has 1 aliphatic carbocycles. The standard InChI is InChI=1S/C12H11FO2.C6H10O/c13-11-4-2-1-3-10(11)9-5-7-12(14,15)8-6-9;1-3-5-7-6-4-2/h1-7,14-15H,8H2;3-4H,1-2,5-6H2. The Balaban J connectivity index is 0.000000295. The number of ether oxygens (including phenoxy) is 1. The van der Waals surface area contributed by atoms with Crippen LogP contribution in [0.1, 0.15) is 12.0 Å². The lowest BCUT2D eigenvalue weighted by atomic mass is 9.96. The van der Waals surface area contributed by atoms with Gasteiger partial charge in [-0.2, -0.15) is 0 Å². The average Bonchev–Trinajstić information content (AvgIpc) is 2.50. The number of allylic oxidation sites excluding steroid dienone is 2. The van der Waals surface area contributed by atoms with Gasteiger partial charge in [-0.05, 0) is 17.7 Å². The van der Waals surface area contributed by atoms with Crippen LogP contribution in [-0.4, -0.2) is 29.2 Å². The van der Waals surface area contributed by atoms with Gasteiger partial charge in [-0.25, -0.2) is 4.39 Å². The first-order valence-corrected chi connectivity index (χ1v) is 6.89. The maximum atomic E-state index is 13.4. The van der Waals surface area contributed by atoms with Crippen LogP contribution in [0, 0.1) is 5.82 Å². The molecule has 1 aromatic rings. The first-order valence-electron chi connectivity index (χ1n) is 6.89. The van der Waals surface area contributed by atoms with Crippen LogP contribution >= 0.6 is 0 Å². The highest BCUT2D eigenvalue weighted by molar-refractivity contribution is 5.75. The summed E-state index contributed by atoms with van der Waals surface area (Å²) < 4.78 is 18.3. The highest BCUT2D eigenvalue weighted by Crippen LogP contribution is 2.26. The molecule has 0 saturated carbocycles. The van der Waals surface area contributed by atoms with Crippen molar-refractivity contribution in [2.75, 3.05) is 13.2 Å². The van der Waals surface area contributed by atoms with Crippen molar-refractivity contribution in [3.05, 3.63) is 79.2 Å². The predicted octanol–water partition coefficient (Wildman–Crippen LogP) is 3.22. The van der Waals surface area contributed by atoms with E-state index in [-0.39, 0.29) is 12.2 Å². The molecule has 118 valence electrons. The lowest BCUT2D eigenvalue weighted by Gasteiger charge is -2.20. The molecule has 0 amide bonds. The Bertz CT molecular complexity index is 551. The molecule has 0 aliphatic heterocycles. The number of aliphatic hydroxyl groups is 2. The van der Waals surface area contributed by atoms with E-state index in [1.54, 1.807) is 36.4 Å². The molecule has 0 aromatic heterocycles. The van der Waals surface area contributed by atoms with Crippen molar-refractivity contribution in [3.63, 3.8) is 0 Å². The molecule has 0 bridgehead atoms. The van der Waals surface area contributed by atoms with Gasteiger partial charge in [0, 0.05) is 12.0 Å². The SMILES string of the molecule is C=CCOCC=C.OC1(O)C=CC(c2ccccc2F)=CC1.